The van der Waals surface area contributed by atoms with Gasteiger partial charge in [0.25, 0.3) is 0 Å². The van der Waals surface area contributed by atoms with Crippen molar-refractivity contribution < 1.29 is 0 Å². The van der Waals surface area contributed by atoms with Crippen molar-refractivity contribution in [2.75, 3.05) is 6.26 Å². The molecular formula is C9H18S. The molecule has 0 rings (SSSR count). The van der Waals surface area contributed by atoms with Crippen molar-refractivity contribution in [2.45, 2.75) is 33.6 Å². The number of hydrogen-bond acceptors (Lipinski definition) is 1. The Bertz CT molecular complexity index is 105. The maximum Gasteiger partial charge on any atom is -0.0134 e. The third-order valence-corrected chi connectivity index (χ3v) is 2.84. The van der Waals surface area contributed by atoms with Crippen LogP contribution in [0.5, 0.6) is 0 Å². The summed E-state index contributed by atoms with van der Waals surface area (Å²) in [4.78, 5) is 1.53. The average molecular weight is 158 g/mol. The van der Waals surface area contributed by atoms with E-state index >= 15 is 0 Å². The zero-order chi connectivity index (χ0) is 7.98. The van der Waals surface area contributed by atoms with E-state index in [1.165, 1.54) is 17.7 Å². The Balaban J connectivity index is 3.77. The second-order valence-electron chi connectivity index (χ2n) is 2.58. The molecule has 0 radical (unpaired) electrons. The average Bonchev–Trinajstić information content (AvgIpc) is 1.91. The fourth-order valence-corrected chi connectivity index (χ4v) is 1.93. The van der Waals surface area contributed by atoms with Crippen molar-refractivity contribution in [1.29, 1.82) is 0 Å². The maximum absolute atomic E-state index is 2.30. The lowest BCUT2D eigenvalue weighted by Crippen LogP contribution is -1.94. The van der Waals surface area contributed by atoms with Crippen LogP contribution in [0.25, 0.3) is 0 Å². The summed E-state index contributed by atoms with van der Waals surface area (Å²) in [6.07, 6.45) is 6.99. The van der Waals surface area contributed by atoms with Gasteiger partial charge in [0.2, 0.25) is 0 Å². The lowest BCUT2D eigenvalue weighted by Gasteiger charge is -2.11. The Morgan fingerprint density at radius 3 is 2.50 bits per heavy atom. The zero-order valence-electron chi connectivity index (χ0n) is 7.48. The molecule has 0 N–H and O–H groups in total. The highest BCUT2D eigenvalue weighted by atomic mass is 32.2. The van der Waals surface area contributed by atoms with E-state index in [1.54, 1.807) is 0 Å². The lowest BCUT2D eigenvalue weighted by molar-refractivity contribution is 0.625. The Morgan fingerprint density at radius 2 is 2.20 bits per heavy atom. The second kappa shape index (κ2) is 5.84. The van der Waals surface area contributed by atoms with Gasteiger partial charge < -0.3 is 0 Å². The third kappa shape index (κ3) is 3.31. The summed E-state index contributed by atoms with van der Waals surface area (Å²) < 4.78 is 0. The minimum atomic E-state index is 0.769. The van der Waals surface area contributed by atoms with Gasteiger partial charge in [-0.3, -0.25) is 0 Å². The summed E-state index contributed by atoms with van der Waals surface area (Å²) in [6, 6.07) is 0. The molecule has 0 saturated heterocycles. The molecule has 0 aromatic carbocycles. The molecule has 1 unspecified atom stereocenters. The van der Waals surface area contributed by atoms with Gasteiger partial charge in [0, 0.05) is 0 Å². The molecule has 1 heteroatoms. The molecule has 0 aliphatic heterocycles. The lowest BCUT2D eigenvalue weighted by atomic mass is 10.1. The normalized spacial score (nSPS) is 15.4. The van der Waals surface area contributed by atoms with Crippen LogP contribution in [0.1, 0.15) is 33.6 Å². The second-order valence-corrected chi connectivity index (χ2v) is 3.46. The van der Waals surface area contributed by atoms with Gasteiger partial charge in [-0.15, -0.1) is 11.8 Å². The molecule has 0 nitrogen and oxygen atoms in total. The zero-order valence-corrected chi connectivity index (χ0v) is 8.29. The SMILES string of the molecule is CC=C(SC)C(C)CCC. The van der Waals surface area contributed by atoms with Crippen LogP contribution in [-0.2, 0) is 0 Å². The first-order valence-electron chi connectivity index (χ1n) is 3.96. The van der Waals surface area contributed by atoms with Crippen LogP contribution in [0.2, 0.25) is 0 Å². The van der Waals surface area contributed by atoms with E-state index in [0.717, 1.165) is 5.92 Å². The summed E-state index contributed by atoms with van der Waals surface area (Å²) in [6.45, 7) is 6.66. The predicted octanol–water partition coefficient (Wildman–Crippen LogP) is 3.69. The molecule has 0 aromatic heterocycles. The van der Waals surface area contributed by atoms with Crippen molar-refractivity contribution in [3.05, 3.63) is 11.0 Å². The van der Waals surface area contributed by atoms with Crippen LogP contribution < -0.4 is 0 Å². The van der Waals surface area contributed by atoms with Crippen molar-refractivity contribution >= 4 is 11.8 Å². The Hall–Kier alpha value is 0.0900. The van der Waals surface area contributed by atoms with Crippen LogP contribution in [-0.4, -0.2) is 6.26 Å². The molecule has 0 saturated carbocycles. The third-order valence-electron chi connectivity index (χ3n) is 1.73. The molecule has 0 bridgehead atoms. The van der Waals surface area contributed by atoms with E-state index in [0.29, 0.717) is 0 Å². The van der Waals surface area contributed by atoms with E-state index in [-0.39, 0.29) is 0 Å². The number of hydrogen-bond donors (Lipinski definition) is 0. The summed E-state index contributed by atoms with van der Waals surface area (Å²) >= 11 is 1.88. The first-order valence-corrected chi connectivity index (χ1v) is 5.18. The number of thioether (sulfide) groups is 1. The standard InChI is InChI=1S/C9H18S/c1-5-7-8(3)9(6-2)10-4/h6,8H,5,7H2,1-4H3. The molecule has 0 aliphatic rings. The molecule has 0 spiro atoms. The van der Waals surface area contributed by atoms with Crippen LogP contribution in [0.3, 0.4) is 0 Å². The molecule has 0 aromatic rings. The van der Waals surface area contributed by atoms with E-state index in [4.69, 9.17) is 0 Å². The Labute approximate surface area is 69.1 Å². The van der Waals surface area contributed by atoms with Gasteiger partial charge in [0.15, 0.2) is 0 Å². The van der Waals surface area contributed by atoms with E-state index in [9.17, 15) is 0 Å². The van der Waals surface area contributed by atoms with Crippen molar-refractivity contribution in [3.8, 4) is 0 Å². The topological polar surface area (TPSA) is 0 Å². The first-order chi connectivity index (χ1) is 4.76. The quantitative estimate of drug-likeness (QED) is 0.601. The molecule has 0 amide bonds. The Morgan fingerprint density at radius 1 is 1.60 bits per heavy atom. The monoisotopic (exact) mass is 158 g/mol. The number of rotatable bonds is 4. The highest BCUT2D eigenvalue weighted by Crippen LogP contribution is 2.24. The van der Waals surface area contributed by atoms with Gasteiger partial charge >= 0.3 is 0 Å². The molecule has 10 heavy (non-hydrogen) atoms. The van der Waals surface area contributed by atoms with Gasteiger partial charge in [-0.25, -0.2) is 0 Å². The van der Waals surface area contributed by atoms with E-state index < -0.39 is 0 Å². The smallest absolute Gasteiger partial charge is 0.0134 e. The molecular weight excluding hydrogens is 140 g/mol. The fourth-order valence-electron chi connectivity index (χ4n) is 1.18. The first kappa shape index (κ1) is 10.1. The predicted molar refractivity (Wildman–Crippen MR) is 51.3 cm³/mol. The van der Waals surface area contributed by atoms with E-state index in [2.05, 4.69) is 33.1 Å². The van der Waals surface area contributed by atoms with Crippen molar-refractivity contribution in [3.63, 3.8) is 0 Å². The van der Waals surface area contributed by atoms with Gasteiger partial charge in [0.1, 0.15) is 0 Å². The van der Waals surface area contributed by atoms with Gasteiger partial charge in [0.05, 0.1) is 0 Å². The van der Waals surface area contributed by atoms with Crippen LogP contribution in [0.4, 0.5) is 0 Å². The molecule has 0 fully saturated rings. The summed E-state index contributed by atoms with van der Waals surface area (Å²) in [5.41, 5.74) is 0. The summed E-state index contributed by atoms with van der Waals surface area (Å²) in [5, 5.41) is 0. The largest absolute Gasteiger partial charge is 0.134 e. The van der Waals surface area contributed by atoms with Crippen LogP contribution >= 0.6 is 11.8 Å². The molecule has 0 heterocycles. The molecule has 0 aliphatic carbocycles. The van der Waals surface area contributed by atoms with Gasteiger partial charge in [-0.1, -0.05) is 26.3 Å². The van der Waals surface area contributed by atoms with Crippen LogP contribution in [0.15, 0.2) is 11.0 Å². The Kier molecular flexibility index (Phi) is 5.90. The molecule has 60 valence electrons. The van der Waals surface area contributed by atoms with Gasteiger partial charge in [-0.05, 0) is 30.4 Å². The van der Waals surface area contributed by atoms with Crippen molar-refractivity contribution in [2.24, 2.45) is 5.92 Å². The fraction of sp³-hybridized carbons (Fsp3) is 0.778. The number of allylic oxidation sites excluding steroid dienone is 2. The van der Waals surface area contributed by atoms with Gasteiger partial charge in [-0.2, -0.15) is 0 Å². The highest BCUT2D eigenvalue weighted by molar-refractivity contribution is 8.02. The minimum absolute atomic E-state index is 0.769. The summed E-state index contributed by atoms with van der Waals surface area (Å²) in [5.74, 6) is 0.769. The van der Waals surface area contributed by atoms with E-state index in [1.807, 2.05) is 11.8 Å². The van der Waals surface area contributed by atoms with Crippen molar-refractivity contribution in [1.82, 2.24) is 0 Å². The molecule has 1 atom stereocenters. The maximum atomic E-state index is 2.30. The highest BCUT2D eigenvalue weighted by Gasteiger charge is 2.03. The summed E-state index contributed by atoms with van der Waals surface area (Å²) in [7, 11) is 0. The van der Waals surface area contributed by atoms with Crippen LogP contribution in [0, 0.1) is 5.92 Å². The minimum Gasteiger partial charge on any atom is -0.134 e.